The van der Waals surface area contributed by atoms with Crippen LogP contribution in [0.15, 0.2) is 24.3 Å². The van der Waals surface area contributed by atoms with Gasteiger partial charge in [-0.25, -0.2) is 0 Å². The lowest BCUT2D eigenvalue weighted by Gasteiger charge is -2.28. The first-order chi connectivity index (χ1) is 11.5. The van der Waals surface area contributed by atoms with Crippen LogP contribution < -0.4 is 16.0 Å². The average molecular weight is 425 g/mol. The van der Waals surface area contributed by atoms with Gasteiger partial charge in [-0.05, 0) is 49.3 Å². The molecule has 5 nitrogen and oxygen atoms in total. The molecule has 0 spiro atoms. The smallest absolute Gasteiger partial charge is 0.228 e. The molecule has 1 aromatic rings. The second-order valence-electron chi connectivity index (χ2n) is 5.87. The minimum atomic E-state index is -1.79. The molecule has 0 saturated carbocycles. The fourth-order valence-corrected chi connectivity index (χ4v) is 2.44. The molecular weight excluding hydrogens is 405 g/mol. The van der Waals surface area contributed by atoms with Gasteiger partial charge in [-0.15, -0.1) is 0 Å². The molecular formula is C16H20Cl3N3O2S. The van der Waals surface area contributed by atoms with Crippen molar-refractivity contribution in [2.45, 2.75) is 37.2 Å². The Labute approximate surface area is 167 Å². The topological polar surface area (TPSA) is 70.2 Å². The van der Waals surface area contributed by atoms with Crippen LogP contribution in [0.2, 0.25) is 0 Å². The highest BCUT2D eigenvalue weighted by molar-refractivity contribution is 7.80. The molecule has 1 amide bonds. The van der Waals surface area contributed by atoms with Crippen molar-refractivity contribution in [2.75, 3.05) is 5.32 Å². The first-order valence-corrected chi connectivity index (χ1v) is 9.08. The maximum absolute atomic E-state index is 11.9. The number of benzene rings is 1. The highest BCUT2D eigenvalue weighted by Crippen LogP contribution is 2.29. The van der Waals surface area contributed by atoms with Crippen molar-refractivity contribution in [1.82, 2.24) is 10.6 Å². The normalized spacial score (nSPS) is 12.4. The molecule has 0 bridgehead atoms. The molecule has 1 rings (SSSR count). The zero-order valence-corrected chi connectivity index (χ0v) is 17.1. The lowest BCUT2D eigenvalue weighted by molar-refractivity contribution is -0.122. The molecule has 1 atom stereocenters. The molecule has 138 valence electrons. The van der Waals surface area contributed by atoms with E-state index in [1.807, 2.05) is 13.8 Å². The third kappa shape index (κ3) is 8.23. The SMILES string of the molecule is CC(=O)c1ccc(NC(=S)N[C@@H](NC(=O)CC(C)C)C(Cl)(Cl)Cl)cc1. The number of amides is 1. The molecule has 0 aromatic heterocycles. The molecule has 0 heterocycles. The number of Topliss-reactive ketones (excluding diaryl/α,β-unsaturated/α-hetero) is 1. The number of hydrogen-bond acceptors (Lipinski definition) is 3. The van der Waals surface area contributed by atoms with Gasteiger partial charge in [0.15, 0.2) is 10.9 Å². The number of hydrogen-bond donors (Lipinski definition) is 3. The summed E-state index contributed by atoms with van der Waals surface area (Å²) in [7, 11) is 0. The molecule has 0 aliphatic rings. The lowest BCUT2D eigenvalue weighted by Crippen LogP contribution is -2.56. The first-order valence-electron chi connectivity index (χ1n) is 7.53. The number of anilines is 1. The Balaban J connectivity index is 2.71. The number of nitrogens with one attached hydrogen (secondary N) is 3. The molecule has 1 aromatic carbocycles. The van der Waals surface area contributed by atoms with Crippen molar-refractivity contribution in [3.05, 3.63) is 29.8 Å². The van der Waals surface area contributed by atoms with E-state index in [1.54, 1.807) is 24.3 Å². The Hall–Kier alpha value is -1.08. The Morgan fingerprint density at radius 2 is 1.68 bits per heavy atom. The van der Waals surface area contributed by atoms with Crippen molar-refractivity contribution in [3.8, 4) is 0 Å². The van der Waals surface area contributed by atoms with Gasteiger partial charge in [0, 0.05) is 17.7 Å². The number of rotatable bonds is 6. The number of carbonyl (C=O) groups excluding carboxylic acids is 2. The van der Waals surface area contributed by atoms with E-state index in [0.29, 0.717) is 17.7 Å². The first kappa shape index (κ1) is 22.0. The Morgan fingerprint density at radius 3 is 2.12 bits per heavy atom. The quantitative estimate of drug-likeness (QED) is 0.278. The summed E-state index contributed by atoms with van der Waals surface area (Å²) in [4.78, 5) is 23.2. The van der Waals surface area contributed by atoms with Crippen LogP contribution in [0.5, 0.6) is 0 Å². The Kier molecular flexibility index (Phi) is 8.41. The van der Waals surface area contributed by atoms with Crippen LogP contribution in [-0.2, 0) is 4.79 Å². The zero-order valence-electron chi connectivity index (χ0n) is 14.0. The summed E-state index contributed by atoms with van der Waals surface area (Å²) in [5.41, 5.74) is 1.24. The van der Waals surface area contributed by atoms with E-state index in [9.17, 15) is 9.59 Å². The molecule has 0 aliphatic carbocycles. The van der Waals surface area contributed by atoms with Crippen LogP contribution in [0, 0.1) is 5.92 Å². The largest absolute Gasteiger partial charge is 0.339 e. The van der Waals surface area contributed by atoms with Gasteiger partial charge in [-0.2, -0.15) is 0 Å². The van der Waals surface area contributed by atoms with Gasteiger partial charge in [0.1, 0.15) is 6.17 Å². The van der Waals surface area contributed by atoms with E-state index in [4.69, 9.17) is 47.0 Å². The standard InChI is InChI=1S/C16H20Cl3N3O2S/c1-9(2)8-13(24)21-14(16(17,18)19)22-15(25)20-12-6-4-11(5-7-12)10(3)23/h4-7,9,14H,8H2,1-3H3,(H,21,24)(H2,20,22,25)/t14-/m1/s1. The summed E-state index contributed by atoms with van der Waals surface area (Å²) in [5.74, 6) is -0.121. The number of alkyl halides is 3. The monoisotopic (exact) mass is 423 g/mol. The highest BCUT2D eigenvalue weighted by atomic mass is 35.6. The minimum Gasteiger partial charge on any atom is -0.339 e. The lowest BCUT2D eigenvalue weighted by atomic mass is 10.1. The van der Waals surface area contributed by atoms with Crippen LogP contribution in [0.25, 0.3) is 0 Å². The predicted molar refractivity (Wildman–Crippen MR) is 107 cm³/mol. The maximum atomic E-state index is 11.9. The van der Waals surface area contributed by atoms with Gasteiger partial charge in [0.2, 0.25) is 9.70 Å². The van der Waals surface area contributed by atoms with Crippen molar-refractivity contribution in [2.24, 2.45) is 5.92 Å². The van der Waals surface area contributed by atoms with Gasteiger partial charge < -0.3 is 16.0 Å². The van der Waals surface area contributed by atoms with E-state index in [-0.39, 0.29) is 22.7 Å². The molecule has 0 unspecified atom stereocenters. The Bertz CT molecular complexity index is 631. The number of ketones is 1. The number of thiocarbonyl (C=S) groups is 1. The van der Waals surface area contributed by atoms with E-state index in [0.717, 1.165) is 0 Å². The second-order valence-corrected chi connectivity index (χ2v) is 8.65. The summed E-state index contributed by atoms with van der Waals surface area (Å²) >= 11 is 22.9. The average Bonchev–Trinajstić information content (AvgIpc) is 2.45. The second kappa shape index (κ2) is 9.57. The summed E-state index contributed by atoms with van der Waals surface area (Å²) in [5, 5.41) is 8.45. The number of halogens is 3. The van der Waals surface area contributed by atoms with E-state index in [2.05, 4.69) is 16.0 Å². The fraction of sp³-hybridized carbons (Fsp3) is 0.438. The zero-order chi connectivity index (χ0) is 19.2. The van der Waals surface area contributed by atoms with Gasteiger partial charge in [0.25, 0.3) is 0 Å². The third-order valence-electron chi connectivity index (χ3n) is 3.05. The van der Waals surface area contributed by atoms with Crippen LogP contribution in [0.3, 0.4) is 0 Å². The molecule has 0 fully saturated rings. The van der Waals surface area contributed by atoms with E-state index < -0.39 is 9.96 Å². The van der Waals surface area contributed by atoms with Gasteiger partial charge >= 0.3 is 0 Å². The molecule has 0 saturated heterocycles. The van der Waals surface area contributed by atoms with Crippen molar-refractivity contribution in [1.29, 1.82) is 0 Å². The third-order valence-corrected chi connectivity index (χ3v) is 3.93. The van der Waals surface area contributed by atoms with E-state index in [1.165, 1.54) is 6.92 Å². The van der Waals surface area contributed by atoms with Crippen molar-refractivity contribution < 1.29 is 9.59 Å². The van der Waals surface area contributed by atoms with Crippen molar-refractivity contribution >= 4 is 69.5 Å². The number of carbonyl (C=O) groups is 2. The predicted octanol–water partition coefficient (Wildman–Crippen LogP) is 4.03. The maximum Gasteiger partial charge on any atom is 0.228 e. The summed E-state index contributed by atoms with van der Waals surface area (Å²) in [6, 6.07) is 6.74. The van der Waals surface area contributed by atoms with Crippen LogP contribution >= 0.6 is 47.0 Å². The Morgan fingerprint density at radius 1 is 1.12 bits per heavy atom. The van der Waals surface area contributed by atoms with Gasteiger partial charge in [-0.1, -0.05) is 48.7 Å². The molecule has 25 heavy (non-hydrogen) atoms. The highest BCUT2D eigenvalue weighted by Gasteiger charge is 2.34. The summed E-state index contributed by atoms with van der Waals surface area (Å²) < 4.78 is -1.79. The van der Waals surface area contributed by atoms with Crippen LogP contribution in [-0.4, -0.2) is 26.8 Å². The molecule has 9 heteroatoms. The fourth-order valence-electron chi connectivity index (χ4n) is 1.88. The van der Waals surface area contributed by atoms with E-state index >= 15 is 0 Å². The molecule has 0 radical (unpaired) electrons. The van der Waals surface area contributed by atoms with Gasteiger partial charge in [-0.3, -0.25) is 9.59 Å². The summed E-state index contributed by atoms with van der Waals surface area (Å²) in [6.07, 6.45) is -0.703. The molecule has 3 N–H and O–H groups in total. The van der Waals surface area contributed by atoms with Crippen molar-refractivity contribution in [3.63, 3.8) is 0 Å². The van der Waals surface area contributed by atoms with Crippen LogP contribution in [0.1, 0.15) is 37.6 Å². The summed E-state index contributed by atoms with van der Waals surface area (Å²) in [6.45, 7) is 5.31. The van der Waals surface area contributed by atoms with Crippen LogP contribution in [0.4, 0.5) is 5.69 Å². The molecule has 0 aliphatic heterocycles. The minimum absolute atomic E-state index is 0.0311. The van der Waals surface area contributed by atoms with Gasteiger partial charge in [0.05, 0.1) is 0 Å².